The highest BCUT2D eigenvalue weighted by Gasteiger charge is 2.17. The van der Waals surface area contributed by atoms with Gasteiger partial charge in [0, 0.05) is 75.0 Å². The number of fused-ring (bicyclic) bond motifs is 2. The average Bonchev–Trinajstić information content (AvgIpc) is 2.85. The second kappa shape index (κ2) is 15.7. The summed E-state index contributed by atoms with van der Waals surface area (Å²) in [5, 5.41) is 17.4. The Balaban J connectivity index is 0.00000481. The average molecular weight is 621 g/mol. The van der Waals surface area contributed by atoms with Crippen LogP contribution in [-0.2, 0) is 22.7 Å². The third kappa shape index (κ3) is 9.41. The number of pyridine rings is 1. The maximum atomic E-state index is 12.1. The number of amides is 1. The summed E-state index contributed by atoms with van der Waals surface area (Å²) in [6, 6.07) is 15.6. The van der Waals surface area contributed by atoms with Gasteiger partial charge in [0.2, 0.25) is 16.9 Å². The maximum absolute atomic E-state index is 12.1. The highest BCUT2D eigenvalue weighted by atomic mass is 127. The molecule has 1 heterocycles. The molecule has 0 bridgehead atoms. The van der Waals surface area contributed by atoms with E-state index >= 15 is 0 Å². The van der Waals surface area contributed by atoms with Gasteiger partial charge in [0.1, 0.15) is 6.54 Å². The predicted octanol–water partition coefficient (Wildman–Crippen LogP) is 1.39. The molecule has 7 nitrogen and oxygen atoms in total. The number of carboxylic acids is 1. The van der Waals surface area contributed by atoms with Gasteiger partial charge in [-0.15, -0.1) is 0 Å². The van der Waals surface area contributed by atoms with E-state index in [2.05, 4.69) is 76.7 Å². The van der Waals surface area contributed by atoms with Crippen molar-refractivity contribution in [3.05, 3.63) is 48.0 Å². The lowest BCUT2D eigenvalue weighted by molar-refractivity contribution is -0.645. The molecule has 8 heteroatoms. The number of carbonyl (C=O) groups is 2. The van der Waals surface area contributed by atoms with Crippen LogP contribution in [0.5, 0.6) is 0 Å². The molecule has 0 aliphatic heterocycles. The molecule has 0 aliphatic carbocycles. The van der Waals surface area contributed by atoms with Crippen molar-refractivity contribution < 1.29 is 43.2 Å². The van der Waals surface area contributed by atoms with Gasteiger partial charge < -0.3 is 44.6 Å². The number of unbranched alkanes of at least 4 members (excludes halogenated alkanes) is 4. The first kappa shape index (κ1) is 30.8. The smallest absolute Gasteiger partial charge is 0.303 e. The first-order chi connectivity index (χ1) is 17.4. The Morgan fingerprint density at radius 3 is 2.24 bits per heavy atom. The zero-order valence-corrected chi connectivity index (χ0v) is 24.5. The normalized spacial score (nSPS) is 10.9. The molecule has 1 amide bonds. The quantitative estimate of drug-likeness (QED) is 0.104. The Morgan fingerprint density at radius 2 is 1.54 bits per heavy atom. The molecule has 0 saturated carbocycles. The number of anilines is 1. The minimum absolute atomic E-state index is 0. The van der Waals surface area contributed by atoms with Crippen LogP contribution in [-0.4, -0.2) is 44.7 Å². The molecule has 37 heavy (non-hydrogen) atoms. The van der Waals surface area contributed by atoms with E-state index in [0.29, 0.717) is 19.4 Å². The molecule has 0 saturated heterocycles. The third-order valence-electron chi connectivity index (χ3n) is 6.57. The summed E-state index contributed by atoms with van der Waals surface area (Å²) >= 11 is 0. The zero-order valence-electron chi connectivity index (χ0n) is 22.4. The molecule has 1 aromatic heterocycles. The molecule has 3 aromatic rings. The van der Waals surface area contributed by atoms with Crippen LogP contribution in [0.15, 0.2) is 42.5 Å². The molecule has 0 spiro atoms. The fourth-order valence-corrected chi connectivity index (χ4v) is 4.59. The van der Waals surface area contributed by atoms with Crippen LogP contribution in [0.2, 0.25) is 0 Å². The lowest BCUT2D eigenvalue weighted by atomic mass is 10.1. The minimum atomic E-state index is -0.759. The van der Waals surface area contributed by atoms with Gasteiger partial charge in [0.25, 0.3) is 0 Å². The molecule has 3 rings (SSSR count). The van der Waals surface area contributed by atoms with Crippen LogP contribution < -0.4 is 44.1 Å². The summed E-state index contributed by atoms with van der Waals surface area (Å²) in [5.41, 5.74) is 4.92. The summed E-state index contributed by atoms with van der Waals surface area (Å²) in [6.45, 7) is 2.36. The van der Waals surface area contributed by atoms with Crippen LogP contribution in [0.25, 0.3) is 21.8 Å². The lowest BCUT2D eigenvalue weighted by Crippen LogP contribution is -3.00. The number of carbonyl (C=O) groups excluding carboxylic acids is 1. The monoisotopic (exact) mass is 620 g/mol. The molecule has 0 radical (unpaired) electrons. The van der Waals surface area contributed by atoms with Crippen LogP contribution in [0.4, 0.5) is 5.69 Å². The van der Waals surface area contributed by atoms with Crippen molar-refractivity contribution in [1.82, 2.24) is 10.6 Å². The molecule has 2 aromatic carbocycles. The standard InChI is InChI=1S/C29H40N4O3.HI/c1-30-21-22-12-13-23-19-24-14-15-25(32(2)3)20-27(24)33(26(23)18-22)17-9-5-6-10-28(34)31-16-8-4-7-11-29(35)36;/h12-15,18-20,30H,4-11,16-17,21H2,1-3H3,(H-,31,34,35,36);1H. The van der Waals surface area contributed by atoms with E-state index in [1.54, 1.807) is 0 Å². The number of aryl methyl sites for hydroxylation is 1. The number of hydrogen-bond donors (Lipinski definition) is 3. The van der Waals surface area contributed by atoms with Crippen molar-refractivity contribution >= 4 is 39.4 Å². The summed E-state index contributed by atoms with van der Waals surface area (Å²) < 4.78 is 2.44. The van der Waals surface area contributed by atoms with E-state index in [4.69, 9.17) is 5.11 Å². The first-order valence-corrected chi connectivity index (χ1v) is 13.1. The molecular formula is C29H41IN4O3. The number of carboxylic acid groups (broad SMARTS) is 1. The van der Waals surface area contributed by atoms with E-state index in [9.17, 15) is 9.59 Å². The Hall–Kier alpha value is -2.46. The molecule has 0 fully saturated rings. The summed E-state index contributed by atoms with van der Waals surface area (Å²) in [4.78, 5) is 24.8. The Bertz CT molecular complexity index is 1180. The lowest BCUT2D eigenvalue weighted by Gasteiger charge is -2.14. The van der Waals surface area contributed by atoms with E-state index in [-0.39, 0.29) is 36.3 Å². The highest BCUT2D eigenvalue weighted by molar-refractivity contribution is 5.90. The van der Waals surface area contributed by atoms with Gasteiger partial charge in [0.15, 0.2) is 0 Å². The number of hydrogen-bond acceptors (Lipinski definition) is 4. The Labute approximate surface area is 237 Å². The van der Waals surface area contributed by atoms with E-state index < -0.39 is 5.97 Å². The number of nitrogens with one attached hydrogen (secondary N) is 2. The van der Waals surface area contributed by atoms with Crippen LogP contribution in [0, 0.1) is 0 Å². The van der Waals surface area contributed by atoms with Crippen molar-refractivity contribution in [3.8, 4) is 0 Å². The number of aliphatic carboxylic acids is 1. The van der Waals surface area contributed by atoms with Gasteiger partial charge in [0.05, 0.1) is 0 Å². The number of rotatable bonds is 15. The van der Waals surface area contributed by atoms with Gasteiger partial charge in [-0.1, -0.05) is 12.5 Å². The van der Waals surface area contributed by atoms with E-state index in [0.717, 1.165) is 45.2 Å². The first-order valence-electron chi connectivity index (χ1n) is 13.1. The maximum Gasteiger partial charge on any atom is 0.303 e. The SMILES string of the molecule is CNCc1ccc2cc3ccc(N(C)C)cc3[n+](CCCCCC(=O)NCCCCCC(=O)O)c2c1.[I-]. The van der Waals surface area contributed by atoms with Gasteiger partial charge in [-0.3, -0.25) is 9.59 Å². The predicted molar refractivity (Wildman–Crippen MR) is 146 cm³/mol. The van der Waals surface area contributed by atoms with Crippen LogP contribution in [0.3, 0.4) is 0 Å². The fourth-order valence-electron chi connectivity index (χ4n) is 4.59. The van der Waals surface area contributed by atoms with Gasteiger partial charge in [-0.2, -0.15) is 4.57 Å². The van der Waals surface area contributed by atoms with Crippen LogP contribution >= 0.6 is 0 Å². The Morgan fingerprint density at radius 1 is 0.865 bits per heavy atom. The number of nitrogens with zero attached hydrogens (tertiary/aromatic N) is 2. The molecular weight excluding hydrogens is 579 g/mol. The molecule has 0 aliphatic rings. The zero-order chi connectivity index (χ0) is 25.9. The fraction of sp³-hybridized carbons (Fsp3) is 0.483. The van der Waals surface area contributed by atoms with Gasteiger partial charge >= 0.3 is 5.97 Å². The van der Waals surface area contributed by atoms with Gasteiger partial charge in [-0.25, -0.2) is 0 Å². The molecule has 202 valence electrons. The summed E-state index contributed by atoms with van der Waals surface area (Å²) in [7, 11) is 6.11. The van der Waals surface area contributed by atoms with Crippen molar-refractivity contribution in [2.45, 2.75) is 64.5 Å². The van der Waals surface area contributed by atoms with Gasteiger partial charge in [-0.05, 0) is 62.6 Å². The van der Waals surface area contributed by atoms with Crippen molar-refractivity contribution in [2.75, 3.05) is 32.6 Å². The summed E-state index contributed by atoms with van der Waals surface area (Å²) in [5.74, 6) is -0.672. The van der Waals surface area contributed by atoms with Crippen molar-refractivity contribution in [3.63, 3.8) is 0 Å². The second-order valence-corrected chi connectivity index (χ2v) is 9.72. The largest absolute Gasteiger partial charge is 1.00 e. The minimum Gasteiger partial charge on any atom is -1.00 e. The van der Waals surface area contributed by atoms with Crippen LogP contribution in [0.1, 0.15) is 56.9 Å². The number of halogens is 1. The highest BCUT2D eigenvalue weighted by Crippen LogP contribution is 2.24. The number of benzene rings is 2. The summed E-state index contributed by atoms with van der Waals surface area (Å²) in [6.07, 6.45) is 5.91. The molecule has 0 atom stereocenters. The third-order valence-corrected chi connectivity index (χ3v) is 6.57. The van der Waals surface area contributed by atoms with Crippen molar-refractivity contribution in [1.29, 1.82) is 0 Å². The second-order valence-electron chi connectivity index (χ2n) is 9.72. The Kier molecular flexibility index (Phi) is 13.1. The van der Waals surface area contributed by atoms with E-state index in [1.807, 2.05) is 7.05 Å². The molecule has 0 unspecified atom stereocenters. The van der Waals surface area contributed by atoms with E-state index in [1.165, 1.54) is 33.1 Å². The van der Waals surface area contributed by atoms with Crippen molar-refractivity contribution in [2.24, 2.45) is 0 Å². The molecule has 3 N–H and O–H groups in total. The number of aromatic nitrogens is 1. The topological polar surface area (TPSA) is 85.5 Å².